The molecule has 2 aromatic rings. The van der Waals surface area contributed by atoms with Crippen LogP contribution >= 0.6 is 11.3 Å². The molecule has 0 radical (unpaired) electrons. The zero-order valence-electron chi connectivity index (χ0n) is 18.9. The third-order valence-electron chi connectivity index (χ3n) is 6.57. The van der Waals surface area contributed by atoms with Gasteiger partial charge in [0.2, 0.25) is 5.91 Å². The number of piperidine rings is 1. The van der Waals surface area contributed by atoms with Crippen molar-refractivity contribution >= 4 is 29.1 Å². The van der Waals surface area contributed by atoms with Crippen LogP contribution in [-0.4, -0.2) is 54.9 Å². The van der Waals surface area contributed by atoms with Crippen molar-refractivity contribution in [1.29, 1.82) is 0 Å². The lowest BCUT2D eigenvalue weighted by Crippen LogP contribution is -2.55. The quantitative estimate of drug-likeness (QED) is 0.678. The first-order valence-corrected chi connectivity index (χ1v) is 12.5. The van der Waals surface area contributed by atoms with E-state index >= 15 is 0 Å². The van der Waals surface area contributed by atoms with E-state index in [9.17, 15) is 14.4 Å². The number of thiophene rings is 1. The summed E-state index contributed by atoms with van der Waals surface area (Å²) in [6.07, 6.45) is 5.30. The van der Waals surface area contributed by atoms with Crippen LogP contribution in [0.15, 0.2) is 41.8 Å². The van der Waals surface area contributed by atoms with Crippen LogP contribution in [0.2, 0.25) is 0 Å². The minimum atomic E-state index is -0.220. The van der Waals surface area contributed by atoms with Crippen molar-refractivity contribution in [2.45, 2.75) is 50.6 Å². The zero-order valence-corrected chi connectivity index (χ0v) is 19.7. The van der Waals surface area contributed by atoms with E-state index in [-0.39, 0.29) is 35.7 Å². The number of nitrogens with one attached hydrogen (secondary N) is 2. The first kappa shape index (κ1) is 23.3. The Balaban J connectivity index is 1.35. The molecule has 1 aliphatic heterocycles. The minimum Gasteiger partial charge on any atom is -0.497 e. The van der Waals surface area contributed by atoms with Gasteiger partial charge in [0.25, 0.3) is 11.8 Å². The summed E-state index contributed by atoms with van der Waals surface area (Å²) in [4.78, 5) is 41.1. The molecule has 1 aliphatic carbocycles. The van der Waals surface area contributed by atoms with Crippen molar-refractivity contribution in [1.82, 2.24) is 15.5 Å². The minimum absolute atomic E-state index is 0.00444. The molecule has 8 heteroatoms. The molecule has 176 valence electrons. The summed E-state index contributed by atoms with van der Waals surface area (Å²) in [6.45, 7) is 1.13. The van der Waals surface area contributed by atoms with Crippen LogP contribution in [0.3, 0.4) is 0 Å². The fourth-order valence-corrected chi connectivity index (χ4v) is 5.39. The molecule has 0 bridgehead atoms. The molecule has 2 aliphatic rings. The van der Waals surface area contributed by atoms with Gasteiger partial charge < -0.3 is 20.3 Å². The molecule has 0 unspecified atom stereocenters. The van der Waals surface area contributed by atoms with Crippen LogP contribution < -0.4 is 15.4 Å². The Labute approximate surface area is 198 Å². The van der Waals surface area contributed by atoms with E-state index in [0.29, 0.717) is 29.3 Å². The fourth-order valence-electron chi connectivity index (χ4n) is 4.70. The van der Waals surface area contributed by atoms with E-state index in [4.69, 9.17) is 4.74 Å². The molecule has 33 heavy (non-hydrogen) atoms. The summed E-state index contributed by atoms with van der Waals surface area (Å²) in [5.74, 6) is 0.323. The Kier molecular flexibility index (Phi) is 7.65. The molecule has 2 N–H and O–H groups in total. The number of carbonyl (C=O) groups excluding carboxylic acids is 3. The van der Waals surface area contributed by atoms with E-state index in [0.717, 1.165) is 38.5 Å². The highest BCUT2D eigenvalue weighted by molar-refractivity contribution is 7.12. The molecule has 2 heterocycles. The standard InChI is InChI=1S/C25H31N3O4S/c1-32-19-12-10-17(11-13-19)23(29)26-20-7-2-3-8-21(20)27-24(30)18-6-4-14-28(16-18)25(31)22-9-5-15-33-22/h5,9-13,15,18,20-21H,2-4,6-8,14,16H2,1H3,(H,26,29)(H,27,30)/t18-,20-,21-/m1/s1. The second-order valence-corrected chi connectivity index (χ2v) is 9.72. The number of hydrogen-bond acceptors (Lipinski definition) is 5. The maximum Gasteiger partial charge on any atom is 0.263 e. The lowest BCUT2D eigenvalue weighted by molar-refractivity contribution is -0.127. The maximum absolute atomic E-state index is 13.1. The van der Waals surface area contributed by atoms with Crippen LogP contribution in [-0.2, 0) is 4.79 Å². The molecule has 7 nitrogen and oxygen atoms in total. The highest BCUT2D eigenvalue weighted by Gasteiger charge is 2.33. The number of ether oxygens (including phenoxy) is 1. The fraction of sp³-hybridized carbons (Fsp3) is 0.480. The number of hydrogen-bond donors (Lipinski definition) is 2. The van der Waals surface area contributed by atoms with Gasteiger partial charge in [-0.2, -0.15) is 0 Å². The average Bonchev–Trinajstić information content (AvgIpc) is 3.40. The Bertz CT molecular complexity index is 961. The number of rotatable bonds is 6. The molecule has 1 aromatic heterocycles. The van der Waals surface area contributed by atoms with E-state index < -0.39 is 0 Å². The Hall–Kier alpha value is -2.87. The molecule has 3 atom stereocenters. The maximum atomic E-state index is 13.1. The van der Waals surface area contributed by atoms with E-state index in [1.165, 1.54) is 11.3 Å². The number of nitrogens with zero attached hydrogens (tertiary/aromatic N) is 1. The first-order chi connectivity index (χ1) is 16.0. The molecule has 3 amide bonds. The summed E-state index contributed by atoms with van der Waals surface area (Å²) in [5.41, 5.74) is 0.571. The van der Waals surface area contributed by atoms with Crippen molar-refractivity contribution in [3.8, 4) is 5.75 Å². The third kappa shape index (κ3) is 5.74. The second kappa shape index (κ2) is 10.8. The summed E-state index contributed by atoms with van der Waals surface area (Å²) >= 11 is 1.43. The van der Waals surface area contributed by atoms with Crippen LogP contribution in [0, 0.1) is 5.92 Å². The van der Waals surface area contributed by atoms with Crippen molar-refractivity contribution in [2.75, 3.05) is 20.2 Å². The lowest BCUT2D eigenvalue weighted by Gasteiger charge is -2.36. The van der Waals surface area contributed by atoms with E-state index in [2.05, 4.69) is 10.6 Å². The van der Waals surface area contributed by atoms with Gasteiger partial charge in [-0.05, 0) is 61.4 Å². The molecule has 4 rings (SSSR count). The average molecular weight is 470 g/mol. The molecular formula is C25H31N3O4S. The summed E-state index contributed by atoms with van der Waals surface area (Å²) in [5, 5.41) is 8.21. The third-order valence-corrected chi connectivity index (χ3v) is 7.43. The topological polar surface area (TPSA) is 87.7 Å². The lowest BCUT2D eigenvalue weighted by atomic mass is 9.88. The highest BCUT2D eigenvalue weighted by Crippen LogP contribution is 2.23. The van der Waals surface area contributed by atoms with Gasteiger partial charge in [-0.1, -0.05) is 18.9 Å². The summed E-state index contributed by atoms with van der Waals surface area (Å²) in [7, 11) is 1.59. The van der Waals surface area contributed by atoms with Crippen LogP contribution in [0.1, 0.15) is 58.6 Å². The Morgan fingerprint density at radius 1 is 0.970 bits per heavy atom. The Morgan fingerprint density at radius 2 is 1.70 bits per heavy atom. The summed E-state index contributed by atoms with van der Waals surface area (Å²) < 4.78 is 5.16. The smallest absolute Gasteiger partial charge is 0.263 e. The highest BCUT2D eigenvalue weighted by atomic mass is 32.1. The predicted octanol–water partition coefficient (Wildman–Crippen LogP) is 3.47. The molecule has 1 aromatic carbocycles. The van der Waals surface area contributed by atoms with Gasteiger partial charge in [-0.25, -0.2) is 0 Å². The zero-order chi connectivity index (χ0) is 23.2. The second-order valence-electron chi connectivity index (χ2n) is 8.78. The van der Waals surface area contributed by atoms with Crippen LogP contribution in [0.5, 0.6) is 5.75 Å². The monoisotopic (exact) mass is 469 g/mol. The van der Waals surface area contributed by atoms with Gasteiger partial charge in [0.05, 0.1) is 17.9 Å². The van der Waals surface area contributed by atoms with Gasteiger partial charge in [0.1, 0.15) is 5.75 Å². The summed E-state index contributed by atoms with van der Waals surface area (Å²) in [6, 6.07) is 10.5. The number of amides is 3. The Morgan fingerprint density at radius 3 is 2.36 bits per heavy atom. The number of likely N-dealkylation sites (tertiary alicyclic amines) is 1. The predicted molar refractivity (Wildman–Crippen MR) is 128 cm³/mol. The van der Waals surface area contributed by atoms with E-state index in [1.807, 2.05) is 17.5 Å². The van der Waals surface area contributed by atoms with Gasteiger partial charge in [0.15, 0.2) is 0 Å². The van der Waals surface area contributed by atoms with Gasteiger partial charge in [0, 0.05) is 30.7 Å². The SMILES string of the molecule is COc1ccc(C(=O)N[C@@H]2CCCC[C@H]2NC(=O)[C@@H]2CCCN(C(=O)c3cccs3)C2)cc1. The van der Waals surface area contributed by atoms with Gasteiger partial charge in [-0.3, -0.25) is 14.4 Å². The molecule has 0 spiro atoms. The molecular weight excluding hydrogens is 438 g/mol. The van der Waals surface area contributed by atoms with E-state index in [1.54, 1.807) is 36.3 Å². The van der Waals surface area contributed by atoms with Crippen molar-refractivity contribution < 1.29 is 19.1 Å². The van der Waals surface area contributed by atoms with Crippen molar-refractivity contribution in [3.63, 3.8) is 0 Å². The molecule has 2 fully saturated rings. The number of benzene rings is 1. The molecule has 1 saturated heterocycles. The van der Waals surface area contributed by atoms with Crippen LogP contribution in [0.25, 0.3) is 0 Å². The van der Waals surface area contributed by atoms with Crippen molar-refractivity contribution in [2.24, 2.45) is 5.92 Å². The molecule has 1 saturated carbocycles. The van der Waals surface area contributed by atoms with Crippen molar-refractivity contribution in [3.05, 3.63) is 52.2 Å². The number of carbonyl (C=O) groups is 3. The number of methoxy groups -OCH3 is 1. The van der Waals surface area contributed by atoms with Gasteiger partial charge in [-0.15, -0.1) is 11.3 Å². The van der Waals surface area contributed by atoms with Gasteiger partial charge >= 0.3 is 0 Å². The van der Waals surface area contributed by atoms with Crippen LogP contribution in [0.4, 0.5) is 0 Å². The normalized spacial score (nSPS) is 22.9. The first-order valence-electron chi connectivity index (χ1n) is 11.6. The largest absolute Gasteiger partial charge is 0.497 e.